The summed E-state index contributed by atoms with van der Waals surface area (Å²) in [5.74, 6) is -1.26. The molecule has 0 saturated heterocycles. The van der Waals surface area contributed by atoms with E-state index in [2.05, 4.69) is 5.32 Å². The molecule has 0 unspecified atom stereocenters. The van der Waals surface area contributed by atoms with Gasteiger partial charge >= 0.3 is 5.97 Å². The standard InChI is InChI=1S/C7H14N2O4/c1-5(10)8-4-2-3-6(9-13)7(11)12/h6,9,13H,2-4H2,1H3,(H,8,10)(H,11,12)/t6-/m1/s1. The largest absolute Gasteiger partial charge is 0.480 e. The Morgan fingerprint density at radius 1 is 1.46 bits per heavy atom. The SMILES string of the molecule is CC(=O)NCCC[C@@H](NO)C(=O)O. The lowest BCUT2D eigenvalue weighted by atomic mass is 10.2. The van der Waals surface area contributed by atoms with E-state index in [9.17, 15) is 9.59 Å². The summed E-state index contributed by atoms with van der Waals surface area (Å²) in [5, 5.41) is 19.4. The molecule has 0 heterocycles. The van der Waals surface area contributed by atoms with Crippen LogP contribution in [-0.4, -0.2) is 34.8 Å². The van der Waals surface area contributed by atoms with Crippen LogP contribution in [0.2, 0.25) is 0 Å². The predicted octanol–water partition coefficient (Wildman–Crippen LogP) is -0.665. The monoisotopic (exact) mass is 190 g/mol. The first kappa shape index (κ1) is 11.9. The first-order valence-electron chi connectivity index (χ1n) is 3.94. The van der Waals surface area contributed by atoms with E-state index in [1.54, 1.807) is 5.48 Å². The molecular weight excluding hydrogens is 176 g/mol. The maximum absolute atomic E-state index is 10.4. The molecule has 0 aliphatic heterocycles. The van der Waals surface area contributed by atoms with Gasteiger partial charge in [0.25, 0.3) is 0 Å². The van der Waals surface area contributed by atoms with Gasteiger partial charge in [-0.15, -0.1) is 0 Å². The van der Waals surface area contributed by atoms with Crippen molar-refractivity contribution < 1.29 is 19.9 Å². The van der Waals surface area contributed by atoms with Gasteiger partial charge in [0.15, 0.2) is 0 Å². The van der Waals surface area contributed by atoms with Crippen molar-refractivity contribution in [3.63, 3.8) is 0 Å². The van der Waals surface area contributed by atoms with Crippen LogP contribution in [-0.2, 0) is 9.59 Å². The fraction of sp³-hybridized carbons (Fsp3) is 0.714. The minimum absolute atomic E-state index is 0.149. The number of hydrogen-bond acceptors (Lipinski definition) is 4. The quantitative estimate of drug-likeness (QED) is 0.329. The molecule has 0 rings (SSSR count). The van der Waals surface area contributed by atoms with Crippen molar-refractivity contribution in [2.45, 2.75) is 25.8 Å². The van der Waals surface area contributed by atoms with E-state index >= 15 is 0 Å². The molecule has 4 N–H and O–H groups in total. The molecule has 6 heteroatoms. The number of carboxylic acids is 1. The highest BCUT2D eigenvalue weighted by Gasteiger charge is 2.14. The van der Waals surface area contributed by atoms with Gasteiger partial charge < -0.3 is 15.6 Å². The van der Waals surface area contributed by atoms with Crippen molar-refractivity contribution >= 4 is 11.9 Å². The molecule has 0 spiro atoms. The van der Waals surface area contributed by atoms with Gasteiger partial charge in [0, 0.05) is 13.5 Å². The lowest BCUT2D eigenvalue weighted by Gasteiger charge is -2.09. The van der Waals surface area contributed by atoms with E-state index in [1.165, 1.54) is 6.92 Å². The summed E-state index contributed by atoms with van der Waals surface area (Å²) in [6, 6.07) is -0.964. The van der Waals surface area contributed by atoms with Crippen LogP contribution in [0.15, 0.2) is 0 Å². The minimum atomic E-state index is -1.11. The van der Waals surface area contributed by atoms with Crippen LogP contribution in [0.4, 0.5) is 0 Å². The van der Waals surface area contributed by atoms with Gasteiger partial charge in [-0.2, -0.15) is 5.48 Å². The van der Waals surface area contributed by atoms with Gasteiger partial charge in [-0.05, 0) is 12.8 Å². The summed E-state index contributed by atoms with van der Waals surface area (Å²) in [7, 11) is 0. The molecule has 1 amide bonds. The molecule has 0 aliphatic carbocycles. The molecule has 1 atom stereocenters. The zero-order chi connectivity index (χ0) is 10.3. The number of carbonyl (C=O) groups is 2. The summed E-state index contributed by atoms with van der Waals surface area (Å²) in [6.07, 6.45) is 0.774. The van der Waals surface area contributed by atoms with Gasteiger partial charge in [-0.1, -0.05) is 0 Å². The molecule has 0 saturated carbocycles. The van der Waals surface area contributed by atoms with Crippen LogP contribution >= 0.6 is 0 Å². The summed E-state index contributed by atoms with van der Waals surface area (Å²) in [5.41, 5.74) is 1.68. The lowest BCUT2D eigenvalue weighted by Crippen LogP contribution is -2.35. The number of carboxylic acid groups (broad SMARTS) is 1. The second-order valence-corrected chi connectivity index (χ2v) is 2.65. The van der Waals surface area contributed by atoms with Crippen LogP contribution in [0.5, 0.6) is 0 Å². The highest BCUT2D eigenvalue weighted by molar-refractivity contribution is 5.73. The van der Waals surface area contributed by atoms with Crippen molar-refractivity contribution in [1.29, 1.82) is 0 Å². The third kappa shape index (κ3) is 6.06. The Bertz CT molecular complexity index is 183. The van der Waals surface area contributed by atoms with Gasteiger partial charge in [-0.3, -0.25) is 9.59 Å². The molecule has 0 aromatic carbocycles. The number of nitrogens with one attached hydrogen (secondary N) is 2. The number of hydrogen-bond donors (Lipinski definition) is 4. The Morgan fingerprint density at radius 3 is 2.46 bits per heavy atom. The average molecular weight is 190 g/mol. The van der Waals surface area contributed by atoms with Gasteiger partial charge in [-0.25, -0.2) is 0 Å². The second kappa shape index (κ2) is 6.38. The first-order chi connectivity index (χ1) is 6.07. The van der Waals surface area contributed by atoms with Crippen molar-refractivity contribution in [3.8, 4) is 0 Å². The topological polar surface area (TPSA) is 98.7 Å². The smallest absolute Gasteiger partial charge is 0.323 e. The Hall–Kier alpha value is -1.14. The van der Waals surface area contributed by atoms with Gasteiger partial charge in [0.2, 0.25) is 5.91 Å². The first-order valence-corrected chi connectivity index (χ1v) is 3.94. The number of carbonyl (C=O) groups excluding carboxylic acids is 1. The molecule has 13 heavy (non-hydrogen) atoms. The van der Waals surface area contributed by atoms with Crippen molar-refractivity contribution in [3.05, 3.63) is 0 Å². The third-order valence-corrected chi connectivity index (χ3v) is 1.50. The molecule has 0 aliphatic rings. The number of amides is 1. The Morgan fingerprint density at radius 2 is 2.08 bits per heavy atom. The van der Waals surface area contributed by atoms with Crippen LogP contribution in [0.3, 0.4) is 0 Å². The molecule has 0 radical (unpaired) electrons. The van der Waals surface area contributed by atoms with Gasteiger partial charge in [0.1, 0.15) is 6.04 Å². The molecule has 6 nitrogen and oxygen atoms in total. The van der Waals surface area contributed by atoms with Crippen molar-refractivity contribution in [1.82, 2.24) is 10.8 Å². The van der Waals surface area contributed by atoms with E-state index < -0.39 is 12.0 Å². The molecule has 0 bridgehead atoms. The van der Waals surface area contributed by atoms with E-state index in [0.29, 0.717) is 13.0 Å². The van der Waals surface area contributed by atoms with Gasteiger partial charge in [0.05, 0.1) is 0 Å². The highest BCUT2D eigenvalue weighted by atomic mass is 16.5. The predicted molar refractivity (Wildman–Crippen MR) is 44.3 cm³/mol. The second-order valence-electron chi connectivity index (χ2n) is 2.65. The summed E-state index contributed by atoms with van der Waals surface area (Å²) < 4.78 is 0. The molecule has 0 aromatic rings. The summed E-state index contributed by atoms with van der Waals surface area (Å²) in [4.78, 5) is 20.7. The zero-order valence-corrected chi connectivity index (χ0v) is 7.41. The van der Waals surface area contributed by atoms with Crippen LogP contribution in [0.1, 0.15) is 19.8 Å². The fourth-order valence-electron chi connectivity index (χ4n) is 0.814. The average Bonchev–Trinajstić information content (AvgIpc) is 2.03. The Kier molecular flexibility index (Phi) is 5.82. The van der Waals surface area contributed by atoms with Crippen molar-refractivity contribution in [2.75, 3.05) is 6.54 Å². The normalized spacial score (nSPS) is 12.2. The number of aliphatic carboxylic acids is 1. The molecule has 76 valence electrons. The molecule has 0 fully saturated rings. The minimum Gasteiger partial charge on any atom is -0.480 e. The maximum Gasteiger partial charge on any atom is 0.323 e. The third-order valence-electron chi connectivity index (χ3n) is 1.50. The Balaban J connectivity index is 3.50. The number of hydroxylamine groups is 1. The zero-order valence-electron chi connectivity index (χ0n) is 7.41. The summed E-state index contributed by atoms with van der Waals surface area (Å²) in [6.45, 7) is 1.81. The van der Waals surface area contributed by atoms with E-state index in [0.717, 1.165) is 0 Å². The molecular formula is C7H14N2O4. The highest BCUT2D eigenvalue weighted by Crippen LogP contribution is 1.95. The number of rotatable bonds is 6. The maximum atomic E-state index is 10.4. The van der Waals surface area contributed by atoms with Crippen LogP contribution < -0.4 is 10.8 Å². The van der Waals surface area contributed by atoms with Crippen molar-refractivity contribution in [2.24, 2.45) is 0 Å². The van der Waals surface area contributed by atoms with Crippen LogP contribution in [0, 0.1) is 0 Å². The van der Waals surface area contributed by atoms with E-state index in [4.69, 9.17) is 10.3 Å². The lowest BCUT2D eigenvalue weighted by molar-refractivity contribution is -0.142. The van der Waals surface area contributed by atoms with Crippen LogP contribution in [0.25, 0.3) is 0 Å². The van der Waals surface area contributed by atoms with E-state index in [1.807, 2.05) is 0 Å². The summed E-state index contributed by atoms with van der Waals surface area (Å²) >= 11 is 0. The Labute approximate surface area is 75.9 Å². The molecule has 0 aromatic heterocycles. The van der Waals surface area contributed by atoms with E-state index in [-0.39, 0.29) is 12.3 Å². The fourth-order valence-corrected chi connectivity index (χ4v) is 0.814.